The molecule has 2 N–H and O–H groups in total. The summed E-state index contributed by atoms with van der Waals surface area (Å²) in [6, 6.07) is -0.00356. The van der Waals surface area contributed by atoms with Crippen LogP contribution >= 0.6 is 0 Å². The molecule has 0 aliphatic heterocycles. The summed E-state index contributed by atoms with van der Waals surface area (Å²) in [7, 11) is 1.58. The van der Waals surface area contributed by atoms with Crippen LogP contribution in [0.2, 0.25) is 0 Å². The van der Waals surface area contributed by atoms with E-state index in [1.54, 1.807) is 7.05 Å². The molecule has 0 aliphatic rings. The molecule has 0 spiro atoms. The highest BCUT2D eigenvalue weighted by atomic mass is 16.4. The Bertz CT molecular complexity index is 411. The van der Waals surface area contributed by atoms with Crippen LogP contribution in [0.15, 0.2) is 6.20 Å². The highest BCUT2D eigenvalue weighted by Crippen LogP contribution is 2.06. The fourth-order valence-corrected chi connectivity index (χ4v) is 1.21. The molecule has 1 rings (SSSR count). The summed E-state index contributed by atoms with van der Waals surface area (Å²) in [5.74, 6) is -1.60. The number of hydrogen-bond acceptors (Lipinski definition) is 3. The largest absolute Gasteiger partial charge is 0.478 e. The van der Waals surface area contributed by atoms with Crippen LogP contribution < -0.4 is 5.32 Å². The van der Waals surface area contributed by atoms with E-state index in [1.165, 1.54) is 10.9 Å². The van der Waals surface area contributed by atoms with E-state index >= 15 is 0 Å². The van der Waals surface area contributed by atoms with Crippen molar-refractivity contribution in [3.05, 3.63) is 17.5 Å². The zero-order valence-corrected chi connectivity index (χ0v) is 9.52. The number of carbonyl (C=O) groups excluding carboxylic acids is 1. The molecule has 0 saturated heterocycles. The average molecular weight is 225 g/mol. The van der Waals surface area contributed by atoms with Gasteiger partial charge < -0.3 is 10.4 Å². The van der Waals surface area contributed by atoms with Crippen molar-refractivity contribution < 1.29 is 14.7 Å². The summed E-state index contributed by atoms with van der Waals surface area (Å²) in [6.07, 6.45) is 2.09. The van der Waals surface area contributed by atoms with Crippen LogP contribution in [0.1, 0.15) is 41.1 Å². The number of aryl methyl sites for hydroxylation is 1. The number of carboxylic acid groups (broad SMARTS) is 1. The van der Waals surface area contributed by atoms with Crippen LogP contribution in [0, 0.1) is 0 Å². The fourth-order valence-electron chi connectivity index (χ4n) is 1.21. The van der Waals surface area contributed by atoms with E-state index in [0.717, 1.165) is 6.42 Å². The molecule has 0 saturated carbocycles. The van der Waals surface area contributed by atoms with E-state index in [0.29, 0.717) is 0 Å². The van der Waals surface area contributed by atoms with Crippen LogP contribution in [-0.2, 0) is 7.05 Å². The molecule has 1 aromatic rings. The molecule has 1 amide bonds. The monoisotopic (exact) mass is 225 g/mol. The van der Waals surface area contributed by atoms with Crippen molar-refractivity contribution in [2.24, 2.45) is 7.05 Å². The number of hydrogen-bond donors (Lipinski definition) is 2. The zero-order valence-electron chi connectivity index (χ0n) is 9.52. The molecule has 0 radical (unpaired) electrons. The summed E-state index contributed by atoms with van der Waals surface area (Å²) in [6.45, 7) is 3.78. The predicted octanol–water partition coefficient (Wildman–Crippen LogP) is 0.647. The van der Waals surface area contributed by atoms with Gasteiger partial charge in [-0.3, -0.25) is 9.48 Å². The third-order valence-electron chi connectivity index (χ3n) is 2.26. The van der Waals surface area contributed by atoms with Crippen LogP contribution in [0.4, 0.5) is 0 Å². The van der Waals surface area contributed by atoms with E-state index in [1.807, 2.05) is 13.8 Å². The Hall–Kier alpha value is -1.85. The molecule has 0 aromatic carbocycles. The van der Waals surface area contributed by atoms with Gasteiger partial charge in [0.2, 0.25) is 0 Å². The Morgan fingerprint density at radius 3 is 2.75 bits per heavy atom. The lowest BCUT2D eigenvalue weighted by Crippen LogP contribution is -2.33. The maximum atomic E-state index is 11.7. The van der Waals surface area contributed by atoms with Crippen molar-refractivity contribution in [2.75, 3.05) is 0 Å². The van der Waals surface area contributed by atoms with Crippen LogP contribution in [0.5, 0.6) is 0 Å². The Morgan fingerprint density at radius 1 is 1.62 bits per heavy atom. The number of aromatic nitrogens is 2. The topological polar surface area (TPSA) is 84.2 Å². The molecule has 1 atom stereocenters. The van der Waals surface area contributed by atoms with E-state index in [2.05, 4.69) is 10.4 Å². The molecule has 0 bridgehead atoms. The maximum absolute atomic E-state index is 11.7. The second-order valence-corrected chi connectivity index (χ2v) is 3.65. The Morgan fingerprint density at radius 2 is 2.25 bits per heavy atom. The first-order valence-electron chi connectivity index (χ1n) is 5.03. The van der Waals surface area contributed by atoms with Crippen molar-refractivity contribution in [1.29, 1.82) is 0 Å². The van der Waals surface area contributed by atoms with Crippen LogP contribution in [0.25, 0.3) is 0 Å². The molecule has 6 heteroatoms. The van der Waals surface area contributed by atoms with Crippen molar-refractivity contribution in [1.82, 2.24) is 15.1 Å². The maximum Gasteiger partial charge on any atom is 0.339 e. The van der Waals surface area contributed by atoms with Gasteiger partial charge in [0.25, 0.3) is 5.91 Å². The lowest BCUT2D eigenvalue weighted by molar-refractivity contribution is 0.0690. The molecule has 6 nitrogen and oxygen atoms in total. The molecular weight excluding hydrogens is 210 g/mol. The van der Waals surface area contributed by atoms with Gasteiger partial charge in [0.1, 0.15) is 5.56 Å². The standard InChI is InChI=1S/C10H15N3O3/c1-4-6(2)11-9(14)8-7(10(15)16)5-13(3)12-8/h5-6H,4H2,1-3H3,(H,11,14)(H,15,16)/t6-/m0/s1. The number of carboxylic acids is 1. The van der Waals surface area contributed by atoms with E-state index < -0.39 is 11.9 Å². The van der Waals surface area contributed by atoms with Gasteiger partial charge in [-0.1, -0.05) is 6.92 Å². The Kier molecular flexibility index (Phi) is 3.65. The lowest BCUT2D eigenvalue weighted by atomic mass is 10.2. The Labute approximate surface area is 93.3 Å². The van der Waals surface area contributed by atoms with Crippen molar-refractivity contribution >= 4 is 11.9 Å². The first kappa shape index (κ1) is 12.2. The second-order valence-electron chi connectivity index (χ2n) is 3.65. The fraction of sp³-hybridized carbons (Fsp3) is 0.500. The van der Waals surface area contributed by atoms with Gasteiger partial charge >= 0.3 is 5.97 Å². The number of amides is 1. The minimum Gasteiger partial charge on any atom is -0.478 e. The average Bonchev–Trinajstić information content (AvgIpc) is 2.60. The quantitative estimate of drug-likeness (QED) is 0.787. The van der Waals surface area contributed by atoms with Crippen molar-refractivity contribution in [3.8, 4) is 0 Å². The van der Waals surface area contributed by atoms with Crippen LogP contribution in [0.3, 0.4) is 0 Å². The van der Waals surface area contributed by atoms with Crippen LogP contribution in [-0.4, -0.2) is 32.8 Å². The smallest absolute Gasteiger partial charge is 0.339 e. The van der Waals surface area contributed by atoms with Gasteiger partial charge in [0, 0.05) is 19.3 Å². The summed E-state index contributed by atoms with van der Waals surface area (Å²) < 4.78 is 1.31. The third-order valence-corrected chi connectivity index (χ3v) is 2.26. The zero-order chi connectivity index (χ0) is 12.3. The van der Waals surface area contributed by atoms with Crippen molar-refractivity contribution in [3.63, 3.8) is 0 Å². The number of aromatic carboxylic acids is 1. The lowest BCUT2D eigenvalue weighted by Gasteiger charge is -2.09. The SMILES string of the molecule is CC[C@H](C)NC(=O)c1nn(C)cc1C(=O)O. The van der Waals surface area contributed by atoms with E-state index in [4.69, 9.17) is 5.11 Å². The summed E-state index contributed by atoms with van der Waals surface area (Å²) in [4.78, 5) is 22.6. The van der Waals surface area contributed by atoms with Gasteiger partial charge in [0.15, 0.2) is 5.69 Å². The Balaban J connectivity index is 2.94. The molecule has 0 fully saturated rings. The number of nitrogens with zero attached hydrogens (tertiary/aromatic N) is 2. The van der Waals surface area contributed by atoms with Gasteiger partial charge in [0.05, 0.1) is 0 Å². The summed E-state index contributed by atoms with van der Waals surface area (Å²) >= 11 is 0. The van der Waals surface area contributed by atoms with Gasteiger partial charge in [-0.25, -0.2) is 4.79 Å². The van der Waals surface area contributed by atoms with Gasteiger partial charge in [-0.2, -0.15) is 5.10 Å². The minimum absolute atomic E-state index is 0.00356. The molecule has 1 heterocycles. The molecule has 0 aliphatic carbocycles. The number of rotatable bonds is 4. The number of carbonyl (C=O) groups is 2. The van der Waals surface area contributed by atoms with Gasteiger partial charge in [-0.15, -0.1) is 0 Å². The second kappa shape index (κ2) is 4.78. The van der Waals surface area contributed by atoms with E-state index in [-0.39, 0.29) is 17.3 Å². The molecule has 0 unspecified atom stereocenters. The number of nitrogens with one attached hydrogen (secondary N) is 1. The van der Waals surface area contributed by atoms with E-state index in [9.17, 15) is 9.59 Å². The molecular formula is C10H15N3O3. The molecule has 88 valence electrons. The van der Waals surface area contributed by atoms with Gasteiger partial charge in [-0.05, 0) is 13.3 Å². The normalized spacial score (nSPS) is 12.2. The first-order valence-corrected chi connectivity index (χ1v) is 5.03. The summed E-state index contributed by atoms with van der Waals surface area (Å²) in [5, 5.41) is 15.4. The predicted molar refractivity (Wildman–Crippen MR) is 57.4 cm³/mol. The molecule has 16 heavy (non-hydrogen) atoms. The summed E-state index contributed by atoms with van der Waals surface area (Å²) in [5.41, 5.74) is -0.126. The minimum atomic E-state index is -1.15. The van der Waals surface area contributed by atoms with Crippen molar-refractivity contribution in [2.45, 2.75) is 26.3 Å². The highest BCUT2D eigenvalue weighted by Gasteiger charge is 2.21. The first-order chi connectivity index (χ1) is 7.45. The highest BCUT2D eigenvalue weighted by molar-refractivity contribution is 6.03. The third kappa shape index (κ3) is 2.59. The molecule has 1 aromatic heterocycles.